The zero-order valence-electron chi connectivity index (χ0n) is 10.5. The van der Waals surface area contributed by atoms with Crippen LogP contribution in [0.4, 0.5) is 0 Å². The fraction of sp³-hybridized carbons (Fsp3) is 0.909. The van der Waals surface area contributed by atoms with E-state index in [1.165, 1.54) is 0 Å². The van der Waals surface area contributed by atoms with E-state index >= 15 is 0 Å². The molecule has 0 unspecified atom stereocenters. The van der Waals surface area contributed by atoms with Crippen molar-refractivity contribution in [1.29, 1.82) is 5.26 Å². The first-order valence-electron chi connectivity index (χ1n) is 5.95. The molecule has 1 fully saturated rings. The van der Waals surface area contributed by atoms with Gasteiger partial charge in [0.2, 0.25) is 0 Å². The number of rotatable bonds is 5. The van der Waals surface area contributed by atoms with Crippen LogP contribution in [-0.2, 0) is 9.47 Å². The molecule has 1 aliphatic rings. The predicted molar refractivity (Wildman–Crippen MR) is 60.6 cm³/mol. The number of hydrogen-bond donors (Lipinski definition) is 5. The van der Waals surface area contributed by atoms with Gasteiger partial charge in [-0.2, -0.15) is 5.26 Å². The molecule has 1 heterocycles. The maximum atomic E-state index is 9.74. The molecule has 1 rings (SSSR count). The molecule has 0 saturated carbocycles. The van der Waals surface area contributed by atoms with Gasteiger partial charge in [0.15, 0.2) is 11.9 Å². The molecule has 1 aliphatic heterocycles. The van der Waals surface area contributed by atoms with Crippen LogP contribution >= 0.6 is 0 Å². The minimum Gasteiger partial charge on any atom is -0.394 e. The van der Waals surface area contributed by atoms with Crippen LogP contribution in [0.2, 0.25) is 0 Å². The Kier molecular flexibility index (Phi) is 5.64. The van der Waals surface area contributed by atoms with E-state index in [2.05, 4.69) is 0 Å². The minimum absolute atomic E-state index is 0.134. The van der Waals surface area contributed by atoms with Gasteiger partial charge >= 0.3 is 0 Å². The molecule has 0 aromatic carbocycles. The average molecular weight is 277 g/mol. The summed E-state index contributed by atoms with van der Waals surface area (Å²) >= 11 is 0. The largest absolute Gasteiger partial charge is 0.394 e. The van der Waals surface area contributed by atoms with E-state index in [9.17, 15) is 20.4 Å². The second-order valence-electron chi connectivity index (χ2n) is 4.43. The highest BCUT2D eigenvalue weighted by molar-refractivity contribution is 5.02. The molecule has 8 nitrogen and oxygen atoms in total. The van der Waals surface area contributed by atoms with Crippen LogP contribution in [0.3, 0.4) is 0 Å². The Morgan fingerprint density at radius 3 is 2.26 bits per heavy atom. The zero-order valence-corrected chi connectivity index (χ0v) is 10.5. The molecule has 8 heteroatoms. The molecule has 0 radical (unpaired) electrons. The first-order valence-corrected chi connectivity index (χ1v) is 5.95. The Bertz CT molecular complexity index is 325. The Morgan fingerprint density at radius 2 is 1.84 bits per heavy atom. The fourth-order valence-corrected chi connectivity index (χ4v) is 1.76. The number of nitriles is 1. The fourth-order valence-electron chi connectivity index (χ4n) is 1.76. The second-order valence-corrected chi connectivity index (χ2v) is 4.43. The van der Waals surface area contributed by atoms with Crippen molar-refractivity contribution in [1.82, 2.24) is 0 Å². The highest BCUT2D eigenvalue weighted by atomic mass is 16.7. The first kappa shape index (κ1) is 16.3. The van der Waals surface area contributed by atoms with Gasteiger partial charge in [-0.15, -0.1) is 0 Å². The highest BCUT2D eigenvalue weighted by Crippen LogP contribution is 2.26. The van der Waals surface area contributed by atoms with E-state index < -0.39 is 49.5 Å². The smallest absolute Gasteiger partial charge is 0.188 e. The Labute approximate surface area is 110 Å². The van der Waals surface area contributed by atoms with Crippen molar-refractivity contribution in [3.63, 3.8) is 0 Å². The Hall–Kier alpha value is -0.790. The third-order valence-corrected chi connectivity index (χ3v) is 3.22. The van der Waals surface area contributed by atoms with Crippen molar-refractivity contribution in [3.05, 3.63) is 0 Å². The third kappa shape index (κ3) is 3.21. The maximum absolute atomic E-state index is 9.74. The summed E-state index contributed by atoms with van der Waals surface area (Å²) in [4.78, 5) is 0. The van der Waals surface area contributed by atoms with Gasteiger partial charge in [-0.05, 0) is 6.42 Å². The van der Waals surface area contributed by atoms with E-state index in [0.717, 1.165) is 0 Å². The molecule has 0 aromatic heterocycles. The van der Waals surface area contributed by atoms with Crippen molar-refractivity contribution in [2.75, 3.05) is 13.2 Å². The molecular formula is C11H19NO7. The minimum atomic E-state index is -1.59. The lowest BCUT2D eigenvalue weighted by atomic mass is 9.98. The summed E-state index contributed by atoms with van der Waals surface area (Å²) in [5.74, 6) is 0. The lowest BCUT2D eigenvalue weighted by Gasteiger charge is -2.42. The normalized spacial score (nSPS) is 38.5. The van der Waals surface area contributed by atoms with E-state index in [1.807, 2.05) is 0 Å². The van der Waals surface area contributed by atoms with Gasteiger partial charge in [0.25, 0.3) is 0 Å². The van der Waals surface area contributed by atoms with Gasteiger partial charge in [0.1, 0.15) is 30.5 Å². The third-order valence-electron chi connectivity index (χ3n) is 3.22. The lowest BCUT2D eigenvalue weighted by Crippen LogP contribution is -2.61. The number of aliphatic hydroxyl groups excluding tert-OH is 5. The lowest BCUT2D eigenvalue weighted by molar-refractivity contribution is -0.322. The van der Waals surface area contributed by atoms with Crippen LogP contribution in [0.15, 0.2) is 0 Å². The van der Waals surface area contributed by atoms with Crippen LogP contribution in [0.1, 0.15) is 13.3 Å². The standard InChI is InChI=1S/C11H19NO7/c1-2-11(4-12,5-14)19-10-9(17)8(16)7(15)6(3-13)18-10/h6-10,13-17H,2-3,5H2,1H3/t6-,7-,8+,9-,10+,11+/m1/s1. The van der Waals surface area contributed by atoms with Crippen LogP contribution in [0.25, 0.3) is 0 Å². The van der Waals surface area contributed by atoms with Crippen molar-refractivity contribution < 1.29 is 35.0 Å². The molecule has 5 N–H and O–H groups in total. The molecule has 0 aromatic rings. The topological polar surface area (TPSA) is 143 Å². The molecular weight excluding hydrogens is 258 g/mol. The average Bonchev–Trinajstić information content (AvgIpc) is 2.45. The van der Waals surface area contributed by atoms with E-state index in [-0.39, 0.29) is 6.42 Å². The molecule has 6 atom stereocenters. The Balaban J connectivity index is 2.85. The summed E-state index contributed by atoms with van der Waals surface area (Å²) in [5.41, 5.74) is -1.58. The van der Waals surface area contributed by atoms with E-state index in [0.29, 0.717) is 0 Å². The van der Waals surface area contributed by atoms with Gasteiger partial charge in [-0.3, -0.25) is 0 Å². The predicted octanol–water partition coefficient (Wildman–Crippen LogP) is -2.53. The molecule has 19 heavy (non-hydrogen) atoms. The van der Waals surface area contributed by atoms with Gasteiger partial charge < -0.3 is 35.0 Å². The van der Waals surface area contributed by atoms with Crippen molar-refractivity contribution in [3.8, 4) is 6.07 Å². The van der Waals surface area contributed by atoms with Crippen LogP contribution in [0.5, 0.6) is 0 Å². The molecule has 0 spiro atoms. The monoisotopic (exact) mass is 277 g/mol. The molecule has 0 aliphatic carbocycles. The van der Waals surface area contributed by atoms with Gasteiger partial charge in [-0.1, -0.05) is 6.92 Å². The summed E-state index contributed by atoms with van der Waals surface area (Å²) in [7, 11) is 0. The van der Waals surface area contributed by atoms with Gasteiger partial charge in [0, 0.05) is 0 Å². The SMILES string of the molecule is CC[C@](C#N)(CO)O[C@@H]1O[C@H](CO)[C@@H](O)[C@H](O)[C@H]1O. The zero-order chi connectivity index (χ0) is 14.6. The molecule has 1 saturated heterocycles. The first-order chi connectivity index (χ1) is 8.94. The summed E-state index contributed by atoms with van der Waals surface area (Å²) in [6, 6.07) is 1.77. The molecule has 110 valence electrons. The summed E-state index contributed by atoms with van der Waals surface area (Å²) in [6.45, 7) is 0.397. The number of aliphatic hydroxyl groups is 5. The number of nitrogens with zero attached hydrogens (tertiary/aromatic N) is 1. The number of ether oxygens (including phenoxy) is 2. The maximum Gasteiger partial charge on any atom is 0.188 e. The van der Waals surface area contributed by atoms with Crippen molar-refractivity contribution in [2.45, 2.75) is 49.7 Å². The van der Waals surface area contributed by atoms with Crippen molar-refractivity contribution in [2.24, 2.45) is 0 Å². The van der Waals surface area contributed by atoms with E-state index in [4.69, 9.17) is 19.8 Å². The van der Waals surface area contributed by atoms with Crippen LogP contribution in [0, 0.1) is 11.3 Å². The van der Waals surface area contributed by atoms with Crippen LogP contribution in [-0.4, -0.2) is 75.1 Å². The quantitative estimate of drug-likeness (QED) is 0.370. The summed E-state index contributed by atoms with van der Waals surface area (Å²) in [5, 5.41) is 56.1. The van der Waals surface area contributed by atoms with Gasteiger partial charge in [-0.25, -0.2) is 0 Å². The molecule has 0 bridgehead atoms. The van der Waals surface area contributed by atoms with Crippen LogP contribution < -0.4 is 0 Å². The Morgan fingerprint density at radius 1 is 1.21 bits per heavy atom. The molecule has 0 amide bonds. The van der Waals surface area contributed by atoms with Crippen molar-refractivity contribution >= 4 is 0 Å². The number of hydrogen-bond acceptors (Lipinski definition) is 8. The summed E-state index contributed by atoms with van der Waals surface area (Å²) in [6.07, 6.45) is -7.08. The van der Waals surface area contributed by atoms with E-state index in [1.54, 1.807) is 13.0 Å². The van der Waals surface area contributed by atoms with Gasteiger partial charge in [0.05, 0.1) is 13.2 Å². The highest BCUT2D eigenvalue weighted by Gasteiger charge is 2.47. The second kappa shape index (κ2) is 6.58. The summed E-state index contributed by atoms with van der Waals surface area (Å²) < 4.78 is 10.3.